The number of benzene rings is 6. The summed E-state index contributed by atoms with van der Waals surface area (Å²) < 4.78 is 0. The van der Waals surface area contributed by atoms with Gasteiger partial charge in [-0.3, -0.25) is 4.79 Å². The number of rotatable bonds is 0. The van der Waals surface area contributed by atoms with Gasteiger partial charge in [0.25, 0.3) is 0 Å². The van der Waals surface area contributed by atoms with E-state index in [1.807, 2.05) is 18.2 Å². The van der Waals surface area contributed by atoms with Crippen LogP contribution in [0, 0.1) is 0 Å². The van der Waals surface area contributed by atoms with Crippen molar-refractivity contribution in [3.8, 4) is 0 Å². The summed E-state index contributed by atoms with van der Waals surface area (Å²) in [5.41, 5.74) is 0.166. The average molecular weight is 328 g/mol. The average Bonchev–Trinajstić information content (AvgIpc) is 3.00. The van der Waals surface area contributed by atoms with Gasteiger partial charge in [0.1, 0.15) is 0 Å². The zero-order chi connectivity index (χ0) is 17.0. The molecule has 26 heavy (non-hydrogen) atoms. The fourth-order valence-electron chi connectivity index (χ4n) is 5.06. The van der Waals surface area contributed by atoms with Gasteiger partial charge in [-0.05, 0) is 55.2 Å². The molecule has 0 heterocycles. The van der Waals surface area contributed by atoms with Crippen LogP contribution in [-0.4, -0.2) is 0 Å². The van der Waals surface area contributed by atoms with Gasteiger partial charge in [0.15, 0.2) is 5.43 Å². The quantitative estimate of drug-likeness (QED) is 0.236. The Labute approximate surface area is 148 Å². The van der Waals surface area contributed by atoms with Crippen LogP contribution in [0.25, 0.3) is 64.6 Å². The van der Waals surface area contributed by atoms with Crippen molar-refractivity contribution in [2.45, 2.75) is 0 Å². The molecule has 1 nitrogen and oxygen atoms in total. The molecule has 0 atom stereocenters. The predicted octanol–water partition coefficient (Wildman–Crippen LogP) is 6.28. The third kappa shape index (κ3) is 1.24. The molecule has 0 saturated carbocycles. The summed E-state index contributed by atoms with van der Waals surface area (Å²) in [6, 6.07) is 25.5. The molecule has 0 aromatic heterocycles. The summed E-state index contributed by atoms with van der Waals surface area (Å²) in [5.74, 6) is 0. The van der Waals surface area contributed by atoms with Crippen molar-refractivity contribution in [1.82, 2.24) is 0 Å². The van der Waals surface area contributed by atoms with Gasteiger partial charge < -0.3 is 0 Å². The molecule has 0 bridgehead atoms. The second-order valence-corrected chi connectivity index (χ2v) is 7.28. The maximum absolute atomic E-state index is 13.4. The van der Waals surface area contributed by atoms with E-state index in [9.17, 15) is 4.79 Å². The topological polar surface area (TPSA) is 17.1 Å². The van der Waals surface area contributed by atoms with E-state index in [0.29, 0.717) is 0 Å². The zero-order valence-corrected chi connectivity index (χ0v) is 13.8. The summed E-state index contributed by atoms with van der Waals surface area (Å²) in [7, 11) is 0. The van der Waals surface area contributed by atoms with Gasteiger partial charge in [-0.15, -0.1) is 0 Å². The highest BCUT2D eigenvalue weighted by Gasteiger charge is 2.22. The van der Waals surface area contributed by atoms with Crippen LogP contribution in [0.15, 0.2) is 77.6 Å². The second kappa shape index (κ2) is 4.03. The third-order valence-corrected chi connectivity index (χ3v) is 6.09. The highest BCUT2D eigenvalue weighted by Crippen LogP contribution is 2.46. The van der Waals surface area contributed by atoms with Crippen LogP contribution < -0.4 is 5.43 Å². The Morgan fingerprint density at radius 1 is 0.423 bits per heavy atom. The van der Waals surface area contributed by atoms with E-state index in [1.165, 1.54) is 32.3 Å². The summed E-state index contributed by atoms with van der Waals surface area (Å²) in [4.78, 5) is 13.4. The minimum Gasteiger partial charge on any atom is -0.289 e. The van der Waals surface area contributed by atoms with Crippen LogP contribution in [0.3, 0.4) is 0 Å². The first-order valence-corrected chi connectivity index (χ1v) is 8.92. The molecule has 7 aromatic carbocycles. The van der Waals surface area contributed by atoms with Crippen molar-refractivity contribution < 1.29 is 0 Å². The lowest BCUT2D eigenvalue weighted by atomic mass is 9.88. The van der Waals surface area contributed by atoms with Crippen LogP contribution in [0.4, 0.5) is 0 Å². The summed E-state index contributed by atoms with van der Waals surface area (Å²) >= 11 is 0. The molecule has 0 aliphatic rings. The van der Waals surface area contributed by atoms with Crippen molar-refractivity contribution in [3.63, 3.8) is 0 Å². The first-order valence-electron chi connectivity index (χ1n) is 8.92. The highest BCUT2D eigenvalue weighted by molar-refractivity contribution is 6.43. The lowest BCUT2D eigenvalue weighted by molar-refractivity contribution is 1.81. The second-order valence-electron chi connectivity index (χ2n) is 7.28. The Morgan fingerprint density at radius 3 is 2.04 bits per heavy atom. The van der Waals surface area contributed by atoms with E-state index in [0.717, 1.165) is 32.3 Å². The fraction of sp³-hybridized carbons (Fsp3) is 0. The van der Waals surface area contributed by atoms with Gasteiger partial charge in [-0.25, -0.2) is 0 Å². The van der Waals surface area contributed by atoms with Crippen LogP contribution in [0.2, 0.25) is 0 Å². The molecular formula is C25H12O. The van der Waals surface area contributed by atoms with Crippen LogP contribution in [-0.2, 0) is 0 Å². The monoisotopic (exact) mass is 328 g/mol. The smallest absolute Gasteiger partial charge is 0.194 e. The molecule has 0 radical (unpaired) electrons. The molecular weight excluding hydrogens is 316 g/mol. The molecule has 0 unspecified atom stereocenters. The van der Waals surface area contributed by atoms with E-state index in [-0.39, 0.29) is 5.43 Å². The van der Waals surface area contributed by atoms with E-state index in [2.05, 4.69) is 54.6 Å². The summed E-state index contributed by atoms with van der Waals surface area (Å²) in [5, 5.41) is 13.6. The first-order chi connectivity index (χ1) is 12.8. The number of hydrogen-bond acceptors (Lipinski definition) is 1. The van der Waals surface area contributed by atoms with Crippen molar-refractivity contribution in [3.05, 3.63) is 83.0 Å². The molecule has 0 aliphatic carbocycles. The predicted molar refractivity (Wildman–Crippen MR) is 111 cm³/mol. The fourth-order valence-corrected chi connectivity index (χ4v) is 5.06. The minimum absolute atomic E-state index is 0.166. The van der Waals surface area contributed by atoms with Crippen molar-refractivity contribution in [2.24, 2.45) is 0 Å². The molecule has 0 amide bonds. The van der Waals surface area contributed by atoms with Crippen molar-refractivity contribution >= 4 is 64.6 Å². The van der Waals surface area contributed by atoms with Crippen molar-refractivity contribution in [1.29, 1.82) is 0 Å². The number of fused-ring (bicyclic) bond motifs is 3. The van der Waals surface area contributed by atoms with Gasteiger partial charge in [-0.2, -0.15) is 0 Å². The van der Waals surface area contributed by atoms with Gasteiger partial charge in [0.2, 0.25) is 0 Å². The Balaban J connectivity index is 2.06. The summed E-state index contributed by atoms with van der Waals surface area (Å²) in [6.07, 6.45) is 0. The van der Waals surface area contributed by atoms with E-state index < -0.39 is 0 Å². The van der Waals surface area contributed by atoms with E-state index in [1.54, 1.807) is 0 Å². The zero-order valence-electron chi connectivity index (χ0n) is 13.8. The largest absolute Gasteiger partial charge is 0.289 e. The van der Waals surface area contributed by atoms with Crippen LogP contribution >= 0.6 is 0 Å². The van der Waals surface area contributed by atoms with E-state index >= 15 is 0 Å². The maximum atomic E-state index is 13.4. The standard InChI is InChI=1S/C25H12O/c26-25-18-11-10-14-9-8-13-5-3-7-17-19-12-15-4-1-2-6-16(15)24(25)23(19)22(18)21(14)20(13)17/h1-12H. The first kappa shape index (κ1) is 12.8. The lowest BCUT2D eigenvalue weighted by Gasteiger charge is -2.14. The maximum Gasteiger partial charge on any atom is 0.194 e. The van der Waals surface area contributed by atoms with Crippen LogP contribution in [0.5, 0.6) is 0 Å². The Hall–Kier alpha value is -3.45. The third-order valence-electron chi connectivity index (χ3n) is 6.09. The Kier molecular flexibility index (Phi) is 1.99. The normalized spacial score (nSPS) is 12.8. The number of hydrogen-bond donors (Lipinski definition) is 0. The Morgan fingerprint density at radius 2 is 1.12 bits per heavy atom. The molecule has 0 fully saturated rings. The van der Waals surface area contributed by atoms with Crippen LogP contribution in [0.1, 0.15) is 0 Å². The molecule has 0 N–H and O–H groups in total. The molecule has 1 heteroatoms. The lowest BCUT2D eigenvalue weighted by Crippen LogP contribution is -1.94. The molecule has 7 rings (SSSR count). The minimum atomic E-state index is 0.166. The molecule has 0 aliphatic heterocycles. The molecule has 118 valence electrons. The molecule has 0 saturated heterocycles. The van der Waals surface area contributed by atoms with Gasteiger partial charge in [0, 0.05) is 21.5 Å². The molecule has 0 spiro atoms. The summed E-state index contributed by atoms with van der Waals surface area (Å²) in [6.45, 7) is 0. The van der Waals surface area contributed by atoms with Gasteiger partial charge >= 0.3 is 0 Å². The van der Waals surface area contributed by atoms with E-state index in [4.69, 9.17) is 0 Å². The van der Waals surface area contributed by atoms with Crippen molar-refractivity contribution in [2.75, 3.05) is 0 Å². The molecule has 7 aromatic rings. The van der Waals surface area contributed by atoms with Gasteiger partial charge in [-0.1, -0.05) is 60.7 Å². The Bertz CT molecular complexity index is 1690. The highest BCUT2D eigenvalue weighted by atomic mass is 16.1. The SMILES string of the molecule is O=c1c2ccc3ccc4cccc5c6cc7ccccc7c1c6c2c3c45. The van der Waals surface area contributed by atoms with Gasteiger partial charge in [0.05, 0.1) is 0 Å².